The van der Waals surface area contributed by atoms with Gasteiger partial charge in [0, 0.05) is 11.6 Å². The van der Waals surface area contributed by atoms with E-state index in [4.69, 9.17) is 28.8 Å². The minimum absolute atomic E-state index is 0.0432. The van der Waals surface area contributed by atoms with Crippen molar-refractivity contribution in [2.24, 2.45) is 0 Å². The Morgan fingerprint density at radius 3 is 2.40 bits per heavy atom. The van der Waals surface area contributed by atoms with Crippen LogP contribution in [-0.2, 0) is 9.59 Å². The third kappa shape index (κ3) is 5.46. The van der Waals surface area contributed by atoms with Gasteiger partial charge in [-0.3, -0.25) is 9.59 Å². The molecule has 186 valence electrons. The van der Waals surface area contributed by atoms with Crippen molar-refractivity contribution in [1.29, 1.82) is 0 Å². The minimum atomic E-state index is -1.46. The SMILES string of the molecule is COc1ccc(/C=C2\Oc3cc(OCC(=O)N[C@@H](C(=O)O)[C@@H](C)O)ccc3C2=O)c(OC)c1OC. The van der Waals surface area contributed by atoms with Gasteiger partial charge in [0.1, 0.15) is 11.5 Å². The van der Waals surface area contributed by atoms with Crippen LogP contribution in [0.1, 0.15) is 22.8 Å². The molecule has 0 spiro atoms. The van der Waals surface area contributed by atoms with Gasteiger partial charge in [0.25, 0.3) is 5.91 Å². The monoisotopic (exact) mass is 487 g/mol. The molecule has 1 aliphatic rings. The van der Waals surface area contributed by atoms with Gasteiger partial charge < -0.3 is 39.2 Å². The second kappa shape index (κ2) is 10.8. The van der Waals surface area contributed by atoms with Crippen LogP contribution >= 0.6 is 0 Å². The molecule has 0 saturated carbocycles. The molecule has 2 atom stereocenters. The first-order valence-corrected chi connectivity index (χ1v) is 10.4. The number of carbonyl (C=O) groups excluding carboxylic acids is 2. The van der Waals surface area contributed by atoms with Crippen LogP contribution in [0.15, 0.2) is 36.1 Å². The number of ketones is 1. The standard InChI is InChI=1S/C24H25NO10/c1-12(26)20(24(29)30)25-19(27)11-34-14-6-7-15-17(10-14)35-18(21(15)28)9-13-5-8-16(31-2)23(33-4)22(13)32-3/h5-10,12,20,26H,11H2,1-4H3,(H,25,27)(H,29,30)/b18-9-/t12-,20-/m1/s1. The van der Waals surface area contributed by atoms with Gasteiger partial charge in [-0.1, -0.05) is 0 Å². The lowest BCUT2D eigenvalue weighted by Crippen LogP contribution is -2.49. The fraction of sp³-hybridized carbons (Fsp3) is 0.292. The van der Waals surface area contributed by atoms with E-state index in [1.54, 1.807) is 12.1 Å². The number of methoxy groups -OCH3 is 3. The zero-order chi connectivity index (χ0) is 25.7. The third-order valence-corrected chi connectivity index (χ3v) is 5.10. The Labute approximate surface area is 200 Å². The minimum Gasteiger partial charge on any atom is -0.493 e. The van der Waals surface area contributed by atoms with Gasteiger partial charge in [0.15, 0.2) is 29.9 Å². The van der Waals surface area contributed by atoms with Gasteiger partial charge in [-0.15, -0.1) is 0 Å². The van der Waals surface area contributed by atoms with E-state index < -0.39 is 30.6 Å². The zero-order valence-electron chi connectivity index (χ0n) is 19.5. The van der Waals surface area contributed by atoms with Gasteiger partial charge in [-0.05, 0) is 37.3 Å². The second-order valence-corrected chi connectivity index (χ2v) is 7.43. The topological polar surface area (TPSA) is 150 Å². The number of nitrogens with one attached hydrogen (secondary N) is 1. The highest BCUT2D eigenvalue weighted by atomic mass is 16.5. The quantitative estimate of drug-likeness (QED) is 0.422. The molecule has 35 heavy (non-hydrogen) atoms. The summed E-state index contributed by atoms with van der Waals surface area (Å²) in [5.41, 5.74) is 0.827. The maximum Gasteiger partial charge on any atom is 0.328 e. The molecule has 0 aromatic heterocycles. The fourth-order valence-electron chi connectivity index (χ4n) is 3.39. The predicted octanol–water partition coefficient (Wildman–Crippen LogP) is 1.66. The molecule has 2 aromatic rings. The molecule has 0 aliphatic carbocycles. The Morgan fingerprint density at radius 1 is 1.09 bits per heavy atom. The molecule has 0 radical (unpaired) electrons. The number of hydrogen-bond donors (Lipinski definition) is 3. The number of fused-ring (bicyclic) bond motifs is 1. The molecule has 2 aromatic carbocycles. The molecule has 0 bridgehead atoms. The van der Waals surface area contributed by atoms with Crippen molar-refractivity contribution >= 4 is 23.7 Å². The van der Waals surface area contributed by atoms with Gasteiger partial charge >= 0.3 is 5.97 Å². The first kappa shape index (κ1) is 25.4. The Kier molecular flexibility index (Phi) is 7.82. The lowest BCUT2D eigenvalue weighted by atomic mass is 10.1. The van der Waals surface area contributed by atoms with Crippen LogP contribution < -0.4 is 29.0 Å². The summed E-state index contributed by atoms with van der Waals surface area (Å²) < 4.78 is 27.2. The Morgan fingerprint density at radius 2 is 1.80 bits per heavy atom. The molecular weight excluding hydrogens is 462 g/mol. The Hall–Kier alpha value is -4.25. The van der Waals surface area contributed by atoms with Crippen LogP contribution in [-0.4, -0.2) is 68.0 Å². The molecule has 1 amide bonds. The summed E-state index contributed by atoms with van der Waals surface area (Å²) >= 11 is 0. The predicted molar refractivity (Wildman–Crippen MR) is 122 cm³/mol. The number of ether oxygens (including phenoxy) is 5. The van der Waals surface area contributed by atoms with Crippen molar-refractivity contribution in [2.75, 3.05) is 27.9 Å². The van der Waals surface area contributed by atoms with Crippen molar-refractivity contribution in [3.63, 3.8) is 0 Å². The largest absolute Gasteiger partial charge is 0.493 e. The fourth-order valence-corrected chi connectivity index (χ4v) is 3.39. The van der Waals surface area contributed by atoms with E-state index in [1.165, 1.54) is 52.5 Å². The highest BCUT2D eigenvalue weighted by Crippen LogP contribution is 2.42. The van der Waals surface area contributed by atoms with Gasteiger partial charge in [-0.25, -0.2) is 4.79 Å². The second-order valence-electron chi connectivity index (χ2n) is 7.43. The first-order valence-electron chi connectivity index (χ1n) is 10.4. The zero-order valence-corrected chi connectivity index (χ0v) is 19.5. The van der Waals surface area contributed by atoms with E-state index in [-0.39, 0.29) is 23.0 Å². The van der Waals surface area contributed by atoms with Crippen molar-refractivity contribution in [3.05, 3.63) is 47.2 Å². The molecule has 0 fully saturated rings. The van der Waals surface area contributed by atoms with Crippen molar-refractivity contribution in [2.45, 2.75) is 19.1 Å². The van der Waals surface area contributed by atoms with Crippen LogP contribution in [0.4, 0.5) is 0 Å². The Balaban J connectivity index is 1.76. The molecule has 1 heterocycles. The van der Waals surface area contributed by atoms with Crippen LogP contribution in [0.2, 0.25) is 0 Å². The maximum absolute atomic E-state index is 12.8. The van der Waals surface area contributed by atoms with E-state index in [9.17, 15) is 19.5 Å². The van der Waals surface area contributed by atoms with Crippen LogP contribution in [0.5, 0.6) is 28.7 Å². The molecule has 0 saturated heterocycles. The third-order valence-electron chi connectivity index (χ3n) is 5.10. The van der Waals surface area contributed by atoms with E-state index in [2.05, 4.69) is 5.32 Å². The number of allylic oxidation sites excluding steroid dienone is 1. The maximum atomic E-state index is 12.8. The van der Waals surface area contributed by atoms with Gasteiger partial charge in [0.05, 0.1) is 33.0 Å². The number of aliphatic hydroxyl groups excluding tert-OH is 1. The van der Waals surface area contributed by atoms with Gasteiger partial charge in [0.2, 0.25) is 11.5 Å². The molecule has 0 unspecified atom stereocenters. The molecule has 3 rings (SSSR count). The number of Topliss-reactive ketones (excluding diaryl/α,β-unsaturated/α-hetero) is 1. The summed E-state index contributed by atoms with van der Waals surface area (Å²) in [7, 11) is 4.43. The van der Waals surface area contributed by atoms with E-state index in [0.29, 0.717) is 28.4 Å². The number of benzene rings is 2. The normalized spacial score (nSPS) is 15.0. The number of amides is 1. The summed E-state index contributed by atoms with van der Waals surface area (Å²) in [4.78, 5) is 35.9. The lowest BCUT2D eigenvalue weighted by molar-refractivity contribution is -0.145. The number of hydrogen-bond acceptors (Lipinski definition) is 9. The van der Waals surface area contributed by atoms with Crippen LogP contribution in [0.25, 0.3) is 6.08 Å². The lowest BCUT2D eigenvalue weighted by Gasteiger charge is -2.17. The summed E-state index contributed by atoms with van der Waals surface area (Å²) in [6, 6.07) is 6.32. The molecular formula is C24H25NO10. The van der Waals surface area contributed by atoms with Crippen LogP contribution in [0.3, 0.4) is 0 Å². The van der Waals surface area contributed by atoms with Gasteiger partial charge in [-0.2, -0.15) is 0 Å². The van der Waals surface area contributed by atoms with Crippen molar-refractivity contribution in [3.8, 4) is 28.7 Å². The number of aliphatic hydroxyl groups is 1. The van der Waals surface area contributed by atoms with Crippen molar-refractivity contribution < 1.29 is 48.3 Å². The highest BCUT2D eigenvalue weighted by Gasteiger charge is 2.29. The molecule has 3 N–H and O–H groups in total. The smallest absolute Gasteiger partial charge is 0.328 e. The first-order chi connectivity index (χ1) is 16.7. The average molecular weight is 487 g/mol. The summed E-state index contributed by atoms with van der Waals surface area (Å²) in [6.07, 6.45) is 0.226. The number of aliphatic carboxylic acids is 1. The summed E-state index contributed by atoms with van der Waals surface area (Å²) in [5.74, 6) is -0.793. The number of carbonyl (C=O) groups is 3. The number of rotatable bonds is 10. The van der Waals surface area contributed by atoms with Crippen LogP contribution in [0, 0.1) is 0 Å². The number of carboxylic acid groups (broad SMARTS) is 1. The van der Waals surface area contributed by atoms with E-state index in [1.807, 2.05) is 0 Å². The average Bonchev–Trinajstić information content (AvgIpc) is 3.14. The van der Waals surface area contributed by atoms with E-state index in [0.717, 1.165) is 0 Å². The molecule has 11 heteroatoms. The summed E-state index contributed by atoms with van der Waals surface area (Å²) in [5, 5.41) is 20.7. The molecule has 11 nitrogen and oxygen atoms in total. The molecule has 1 aliphatic heterocycles. The highest BCUT2D eigenvalue weighted by molar-refractivity contribution is 6.14. The van der Waals surface area contributed by atoms with E-state index >= 15 is 0 Å². The number of carboxylic acids is 1. The summed E-state index contributed by atoms with van der Waals surface area (Å²) in [6.45, 7) is 0.742. The van der Waals surface area contributed by atoms with Crippen molar-refractivity contribution in [1.82, 2.24) is 5.32 Å². The Bertz CT molecular complexity index is 1170.